The molecule has 0 N–H and O–H groups in total. The van der Waals surface area contributed by atoms with E-state index in [1.165, 1.54) is 6.42 Å². The van der Waals surface area contributed by atoms with Crippen LogP contribution in [0, 0.1) is 18.3 Å². The molecule has 0 aliphatic heterocycles. The van der Waals surface area contributed by atoms with Crippen molar-refractivity contribution in [3.05, 3.63) is 23.7 Å². The SMILES string of the molecule is C#CCCc1ccc(C2CC2C)o1. The van der Waals surface area contributed by atoms with Gasteiger partial charge >= 0.3 is 0 Å². The lowest BCUT2D eigenvalue weighted by atomic mass is 10.2. The molecule has 13 heavy (non-hydrogen) atoms. The normalized spacial score (nSPS) is 25.5. The summed E-state index contributed by atoms with van der Waals surface area (Å²) in [6.07, 6.45) is 8.11. The molecule has 1 aromatic rings. The fourth-order valence-corrected chi connectivity index (χ4v) is 1.64. The van der Waals surface area contributed by atoms with Gasteiger partial charge in [-0.25, -0.2) is 0 Å². The van der Waals surface area contributed by atoms with E-state index in [-0.39, 0.29) is 0 Å². The van der Waals surface area contributed by atoms with Gasteiger partial charge in [0.1, 0.15) is 11.5 Å². The first-order valence-electron chi connectivity index (χ1n) is 4.83. The Morgan fingerprint density at radius 1 is 1.62 bits per heavy atom. The maximum absolute atomic E-state index is 5.68. The molecule has 2 atom stereocenters. The molecule has 1 heterocycles. The fraction of sp³-hybridized carbons (Fsp3) is 0.500. The number of rotatable bonds is 3. The van der Waals surface area contributed by atoms with Crippen molar-refractivity contribution in [2.24, 2.45) is 5.92 Å². The van der Waals surface area contributed by atoms with E-state index in [1.54, 1.807) is 0 Å². The standard InChI is InChI=1S/C12H14O/c1-3-4-5-10-6-7-12(13-10)11-8-9(11)2/h1,6-7,9,11H,4-5,8H2,2H3. The summed E-state index contributed by atoms with van der Waals surface area (Å²) in [6.45, 7) is 2.26. The second kappa shape index (κ2) is 3.30. The highest BCUT2D eigenvalue weighted by Crippen LogP contribution is 2.47. The van der Waals surface area contributed by atoms with Crippen LogP contribution in [-0.4, -0.2) is 0 Å². The van der Waals surface area contributed by atoms with Crippen LogP contribution in [0.3, 0.4) is 0 Å². The molecule has 0 amide bonds. The Kier molecular flexibility index (Phi) is 2.14. The van der Waals surface area contributed by atoms with Gasteiger partial charge in [0, 0.05) is 18.8 Å². The molecular weight excluding hydrogens is 160 g/mol. The highest BCUT2D eigenvalue weighted by Gasteiger charge is 2.36. The van der Waals surface area contributed by atoms with Crippen molar-refractivity contribution >= 4 is 0 Å². The van der Waals surface area contributed by atoms with E-state index in [4.69, 9.17) is 10.8 Å². The molecule has 1 heteroatoms. The highest BCUT2D eigenvalue weighted by atomic mass is 16.3. The van der Waals surface area contributed by atoms with Crippen molar-refractivity contribution in [1.29, 1.82) is 0 Å². The predicted octanol–water partition coefficient (Wildman–Crippen LogP) is 2.97. The van der Waals surface area contributed by atoms with Crippen molar-refractivity contribution in [3.8, 4) is 12.3 Å². The van der Waals surface area contributed by atoms with Crippen molar-refractivity contribution in [2.75, 3.05) is 0 Å². The van der Waals surface area contributed by atoms with Crippen LogP contribution in [-0.2, 0) is 6.42 Å². The molecule has 0 spiro atoms. The van der Waals surface area contributed by atoms with Crippen molar-refractivity contribution in [3.63, 3.8) is 0 Å². The third kappa shape index (κ3) is 1.78. The van der Waals surface area contributed by atoms with Crippen LogP contribution in [0.1, 0.15) is 37.2 Å². The average Bonchev–Trinajstić information content (AvgIpc) is 2.67. The zero-order valence-electron chi connectivity index (χ0n) is 7.92. The Labute approximate surface area is 79.1 Å². The quantitative estimate of drug-likeness (QED) is 0.642. The van der Waals surface area contributed by atoms with Crippen LogP contribution in [0.25, 0.3) is 0 Å². The molecule has 0 saturated heterocycles. The first kappa shape index (κ1) is 8.44. The monoisotopic (exact) mass is 174 g/mol. The Morgan fingerprint density at radius 3 is 3.00 bits per heavy atom. The zero-order chi connectivity index (χ0) is 9.26. The minimum Gasteiger partial charge on any atom is -0.466 e. The molecule has 0 aromatic carbocycles. The highest BCUT2D eigenvalue weighted by molar-refractivity contribution is 5.18. The summed E-state index contributed by atoms with van der Waals surface area (Å²) in [5.41, 5.74) is 0. The number of hydrogen-bond acceptors (Lipinski definition) is 1. The number of aryl methyl sites for hydroxylation is 1. The minimum atomic E-state index is 0.680. The summed E-state index contributed by atoms with van der Waals surface area (Å²) in [5, 5.41) is 0. The first-order valence-corrected chi connectivity index (χ1v) is 4.83. The second-order valence-electron chi connectivity index (χ2n) is 3.83. The van der Waals surface area contributed by atoms with E-state index in [1.807, 2.05) is 0 Å². The number of hydrogen-bond donors (Lipinski definition) is 0. The smallest absolute Gasteiger partial charge is 0.107 e. The third-order valence-corrected chi connectivity index (χ3v) is 2.67. The van der Waals surface area contributed by atoms with Gasteiger partial charge in [0.2, 0.25) is 0 Å². The molecule has 1 aromatic heterocycles. The van der Waals surface area contributed by atoms with Gasteiger partial charge < -0.3 is 4.42 Å². The maximum Gasteiger partial charge on any atom is 0.107 e. The van der Waals surface area contributed by atoms with Gasteiger partial charge in [-0.3, -0.25) is 0 Å². The minimum absolute atomic E-state index is 0.680. The van der Waals surface area contributed by atoms with E-state index < -0.39 is 0 Å². The molecule has 1 fully saturated rings. The van der Waals surface area contributed by atoms with Gasteiger partial charge in [0.05, 0.1) is 0 Å². The van der Waals surface area contributed by atoms with Gasteiger partial charge in [0.15, 0.2) is 0 Å². The number of terminal acetylenes is 1. The van der Waals surface area contributed by atoms with Crippen molar-refractivity contribution in [1.82, 2.24) is 0 Å². The topological polar surface area (TPSA) is 13.1 Å². The maximum atomic E-state index is 5.68. The summed E-state index contributed by atoms with van der Waals surface area (Å²) in [7, 11) is 0. The van der Waals surface area contributed by atoms with Crippen molar-refractivity contribution < 1.29 is 4.42 Å². The van der Waals surface area contributed by atoms with Crippen LogP contribution in [0.5, 0.6) is 0 Å². The fourth-order valence-electron chi connectivity index (χ4n) is 1.64. The van der Waals surface area contributed by atoms with Crippen molar-refractivity contribution in [2.45, 2.75) is 32.1 Å². The summed E-state index contributed by atoms with van der Waals surface area (Å²) in [4.78, 5) is 0. The predicted molar refractivity (Wildman–Crippen MR) is 52.4 cm³/mol. The van der Waals surface area contributed by atoms with Crippen LogP contribution < -0.4 is 0 Å². The van der Waals surface area contributed by atoms with E-state index in [0.717, 1.165) is 30.3 Å². The lowest BCUT2D eigenvalue weighted by molar-refractivity contribution is 0.463. The molecule has 0 radical (unpaired) electrons. The second-order valence-corrected chi connectivity index (χ2v) is 3.83. The molecule has 2 unspecified atom stereocenters. The van der Waals surface area contributed by atoms with Gasteiger partial charge in [-0.1, -0.05) is 6.92 Å². The van der Waals surface area contributed by atoms with Crippen LogP contribution in [0.4, 0.5) is 0 Å². The molecular formula is C12H14O. The average molecular weight is 174 g/mol. The lowest BCUT2D eigenvalue weighted by Crippen LogP contribution is -1.78. The van der Waals surface area contributed by atoms with Gasteiger partial charge in [0.25, 0.3) is 0 Å². The molecule has 2 rings (SSSR count). The van der Waals surface area contributed by atoms with Gasteiger partial charge in [-0.05, 0) is 24.5 Å². The van der Waals surface area contributed by atoms with E-state index >= 15 is 0 Å². The van der Waals surface area contributed by atoms with Gasteiger partial charge in [-0.2, -0.15) is 0 Å². The van der Waals surface area contributed by atoms with Crippen LogP contribution >= 0.6 is 0 Å². The summed E-state index contributed by atoms with van der Waals surface area (Å²) in [6, 6.07) is 4.15. The largest absolute Gasteiger partial charge is 0.466 e. The van der Waals surface area contributed by atoms with Crippen LogP contribution in [0.2, 0.25) is 0 Å². The lowest BCUT2D eigenvalue weighted by Gasteiger charge is -1.92. The Bertz CT molecular complexity index is 329. The Morgan fingerprint density at radius 2 is 2.38 bits per heavy atom. The Hall–Kier alpha value is -1.16. The van der Waals surface area contributed by atoms with Gasteiger partial charge in [-0.15, -0.1) is 12.3 Å². The number of furan rings is 1. The van der Waals surface area contributed by atoms with E-state index in [0.29, 0.717) is 5.92 Å². The first-order chi connectivity index (χ1) is 6.31. The molecule has 1 aliphatic carbocycles. The van der Waals surface area contributed by atoms with E-state index in [2.05, 4.69) is 25.0 Å². The molecule has 1 aliphatic rings. The molecule has 0 bridgehead atoms. The molecule has 1 nitrogen and oxygen atoms in total. The molecule has 68 valence electrons. The molecule has 1 saturated carbocycles. The summed E-state index contributed by atoms with van der Waals surface area (Å²) in [5.74, 6) is 6.30. The Balaban J connectivity index is 1.98. The summed E-state index contributed by atoms with van der Waals surface area (Å²) < 4.78 is 5.68. The third-order valence-electron chi connectivity index (χ3n) is 2.67. The summed E-state index contributed by atoms with van der Waals surface area (Å²) >= 11 is 0. The van der Waals surface area contributed by atoms with E-state index in [9.17, 15) is 0 Å². The zero-order valence-corrected chi connectivity index (χ0v) is 7.92. The van der Waals surface area contributed by atoms with Crippen LogP contribution in [0.15, 0.2) is 16.5 Å².